The monoisotopic (exact) mass is 209 g/mol. The zero-order valence-corrected chi connectivity index (χ0v) is 8.49. The average Bonchev–Trinajstić information content (AvgIpc) is 2.12. The van der Waals surface area contributed by atoms with Crippen LogP contribution in [0.5, 0.6) is 0 Å². The van der Waals surface area contributed by atoms with Crippen molar-refractivity contribution in [3.05, 3.63) is 18.2 Å². The number of nitrogens with zero attached hydrogens (tertiary/aromatic N) is 2. The number of imidazole rings is 1. The Morgan fingerprint density at radius 3 is 2.50 bits per heavy atom. The second kappa shape index (κ2) is 4.70. The van der Waals surface area contributed by atoms with Crippen LogP contribution in [-0.4, -0.2) is 22.6 Å². The molecule has 1 N–H and O–H groups in total. The highest BCUT2D eigenvalue weighted by Crippen LogP contribution is 2.16. The number of aryl methyl sites for hydroxylation is 1. The Hall–Kier alpha value is -0.250. The van der Waals surface area contributed by atoms with E-state index in [1.165, 1.54) is 5.82 Å². The van der Waals surface area contributed by atoms with Crippen molar-refractivity contribution in [2.24, 2.45) is 7.05 Å². The summed E-state index contributed by atoms with van der Waals surface area (Å²) in [4.78, 5) is 4.26. The molecule has 1 aromatic rings. The molecule has 2 heterocycles. The molecule has 1 aromatic heterocycles. The molecular formula is C7H13Cl2N3. The summed E-state index contributed by atoms with van der Waals surface area (Å²) < 4.78 is 2.09. The first-order chi connectivity index (χ1) is 4.88. The lowest BCUT2D eigenvalue weighted by atomic mass is 10.0. The maximum absolute atomic E-state index is 4.26. The number of hydrogen-bond acceptors (Lipinski definition) is 2. The van der Waals surface area contributed by atoms with Gasteiger partial charge in [-0.3, -0.25) is 0 Å². The topological polar surface area (TPSA) is 29.9 Å². The molecule has 1 fully saturated rings. The van der Waals surface area contributed by atoms with Gasteiger partial charge in [0, 0.05) is 38.4 Å². The lowest BCUT2D eigenvalue weighted by molar-refractivity contribution is 0.421. The van der Waals surface area contributed by atoms with E-state index < -0.39 is 0 Å². The number of halogens is 2. The van der Waals surface area contributed by atoms with Crippen LogP contribution in [0.1, 0.15) is 11.7 Å². The van der Waals surface area contributed by atoms with Gasteiger partial charge in [0.1, 0.15) is 5.82 Å². The molecule has 0 unspecified atom stereocenters. The second-order valence-electron chi connectivity index (χ2n) is 2.75. The van der Waals surface area contributed by atoms with Gasteiger partial charge >= 0.3 is 0 Å². The van der Waals surface area contributed by atoms with E-state index in [9.17, 15) is 0 Å². The van der Waals surface area contributed by atoms with Crippen molar-refractivity contribution in [1.82, 2.24) is 14.9 Å². The van der Waals surface area contributed by atoms with Gasteiger partial charge in [-0.05, 0) is 0 Å². The average molecular weight is 210 g/mol. The Kier molecular flexibility index (Phi) is 4.60. The van der Waals surface area contributed by atoms with Crippen LogP contribution in [0.3, 0.4) is 0 Å². The predicted octanol–water partition coefficient (Wildman–Crippen LogP) is 0.950. The summed E-state index contributed by atoms with van der Waals surface area (Å²) in [6, 6.07) is 0. The largest absolute Gasteiger partial charge is 0.338 e. The minimum atomic E-state index is 0. The molecule has 70 valence electrons. The summed E-state index contributed by atoms with van der Waals surface area (Å²) in [6.45, 7) is 2.18. The van der Waals surface area contributed by atoms with Gasteiger partial charge in [0.25, 0.3) is 0 Å². The van der Waals surface area contributed by atoms with Crippen molar-refractivity contribution < 1.29 is 0 Å². The summed E-state index contributed by atoms with van der Waals surface area (Å²) in [5, 5.41) is 3.22. The Morgan fingerprint density at radius 2 is 2.17 bits per heavy atom. The Labute approximate surface area is 84.4 Å². The third kappa shape index (κ3) is 1.91. The minimum absolute atomic E-state index is 0. The Bertz CT molecular complexity index is 232. The molecule has 0 bridgehead atoms. The van der Waals surface area contributed by atoms with E-state index in [1.807, 2.05) is 19.4 Å². The minimum Gasteiger partial charge on any atom is -0.338 e. The maximum Gasteiger partial charge on any atom is 0.114 e. The van der Waals surface area contributed by atoms with Crippen LogP contribution in [0.15, 0.2) is 12.4 Å². The lowest BCUT2D eigenvalue weighted by Crippen LogP contribution is -2.41. The first kappa shape index (κ1) is 11.8. The van der Waals surface area contributed by atoms with Gasteiger partial charge in [-0.2, -0.15) is 0 Å². The van der Waals surface area contributed by atoms with Crippen LogP contribution in [0.4, 0.5) is 0 Å². The van der Waals surface area contributed by atoms with Crippen molar-refractivity contribution in [3.8, 4) is 0 Å². The normalized spacial score (nSPS) is 15.8. The summed E-state index contributed by atoms with van der Waals surface area (Å²) in [5.41, 5.74) is 0. The van der Waals surface area contributed by atoms with E-state index in [0.717, 1.165) is 13.1 Å². The van der Waals surface area contributed by atoms with Crippen molar-refractivity contribution in [1.29, 1.82) is 0 Å². The van der Waals surface area contributed by atoms with E-state index in [-0.39, 0.29) is 24.8 Å². The third-order valence-electron chi connectivity index (χ3n) is 2.01. The molecule has 0 aliphatic carbocycles. The molecule has 1 aliphatic rings. The third-order valence-corrected chi connectivity index (χ3v) is 2.01. The predicted molar refractivity (Wildman–Crippen MR) is 53.3 cm³/mol. The van der Waals surface area contributed by atoms with E-state index in [1.54, 1.807) is 0 Å². The fourth-order valence-corrected chi connectivity index (χ4v) is 1.24. The first-order valence-electron chi connectivity index (χ1n) is 3.56. The Morgan fingerprint density at radius 1 is 1.50 bits per heavy atom. The van der Waals surface area contributed by atoms with Crippen molar-refractivity contribution in [2.45, 2.75) is 5.92 Å². The SMILES string of the molecule is Cl.Cl.Cn1ccnc1C1CNC1. The van der Waals surface area contributed by atoms with Gasteiger partial charge in [0.05, 0.1) is 0 Å². The zero-order valence-electron chi connectivity index (χ0n) is 6.86. The molecule has 0 spiro atoms. The molecule has 5 heteroatoms. The number of aromatic nitrogens is 2. The molecule has 0 amide bonds. The van der Waals surface area contributed by atoms with Gasteiger partial charge < -0.3 is 9.88 Å². The van der Waals surface area contributed by atoms with Crippen molar-refractivity contribution in [3.63, 3.8) is 0 Å². The standard InChI is InChI=1S/C7H11N3.2ClH/c1-10-3-2-9-7(10)6-4-8-5-6;;/h2-3,6,8H,4-5H2,1H3;2*1H. The van der Waals surface area contributed by atoms with Crippen LogP contribution < -0.4 is 5.32 Å². The van der Waals surface area contributed by atoms with Gasteiger partial charge in [-0.15, -0.1) is 24.8 Å². The van der Waals surface area contributed by atoms with Crippen LogP contribution in [-0.2, 0) is 7.05 Å². The molecule has 1 aliphatic heterocycles. The number of nitrogens with one attached hydrogen (secondary N) is 1. The van der Waals surface area contributed by atoms with Gasteiger partial charge in [0.2, 0.25) is 0 Å². The fourth-order valence-electron chi connectivity index (χ4n) is 1.24. The molecule has 12 heavy (non-hydrogen) atoms. The molecular weight excluding hydrogens is 197 g/mol. The molecule has 0 aromatic carbocycles. The second-order valence-corrected chi connectivity index (χ2v) is 2.75. The first-order valence-corrected chi connectivity index (χ1v) is 3.56. The highest BCUT2D eigenvalue weighted by atomic mass is 35.5. The van der Waals surface area contributed by atoms with Crippen LogP contribution in [0.25, 0.3) is 0 Å². The summed E-state index contributed by atoms with van der Waals surface area (Å²) >= 11 is 0. The molecule has 3 nitrogen and oxygen atoms in total. The summed E-state index contributed by atoms with van der Waals surface area (Å²) in [5.74, 6) is 1.86. The number of hydrogen-bond donors (Lipinski definition) is 1. The van der Waals surface area contributed by atoms with E-state index >= 15 is 0 Å². The number of rotatable bonds is 1. The highest BCUT2D eigenvalue weighted by Gasteiger charge is 2.21. The van der Waals surface area contributed by atoms with Gasteiger partial charge in [0.15, 0.2) is 0 Å². The molecule has 0 saturated carbocycles. The van der Waals surface area contributed by atoms with E-state index in [2.05, 4.69) is 14.9 Å². The van der Waals surface area contributed by atoms with Crippen LogP contribution >= 0.6 is 24.8 Å². The summed E-state index contributed by atoms with van der Waals surface area (Å²) in [6.07, 6.45) is 3.85. The van der Waals surface area contributed by atoms with Crippen molar-refractivity contribution in [2.75, 3.05) is 13.1 Å². The van der Waals surface area contributed by atoms with Gasteiger partial charge in [-0.1, -0.05) is 0 Å². The highest BCUT2D eigenvalue weighted by molar-refractivity contribution is 5.85. The van der Waals surface area contributed by atoms with E-state index in [0.29, 0.717) is 5.92 Å². The van der Waals surface area contributed by atoms with Gasteiger partial charge in [-0.25, -0.2) is 4.98 Å². The molecule has 0 radical (unpaired) electrons. The smallest absolute Gasteiger partial charge is 0.114 e. The Balaban J connectivity index is 0.000000605. The quantitative estimate of drug-likeness (QED) is 0.747. The fraction of sp³-hybridized carbons (Fsp3) is 0.571. The maximum atomic E-state index is 4.26. The van der Waals surface area contributed by atoms with Crippen molar-refractivity contribution >= 4 is 24.8 Å². The molecule has 2 rings (SSSR count). The lowest BCUT2D eigenvalue weighted by Gasteiger charge is -2.26. The van der Waals surface area contributed by atoms with E-state index in [4.69, 9.17) is 0 Å². The molecule has 0 atom stereocenters. The van der Waals surface area contributed by atoms with Crippen LogP contribution in [0, 0.1) is 0 Å². The zero-order chi connectivity index (χ0) is 6.97. The van der Waals surface area contributed by atoms with Crippen LogP contribution in [0.2, 0.25) is 0 Å². The summed E-state index contributed by atoms with van der Waals surface area (Å²) in [7, 11) is 2.04. The molecule has 1 saturated heterocycles.